The van der Waals surface area contributed by atoms with E-state index in [-0.39, 0.29) is 17.0 Å². The fourth-order valence-corrected chi connectivity index (χ4v) is 1.83. The second-order valence-electron chi connectivity index (χ2n) is 4.04. The molecule has 2 aromatic rings. The predicted octanol–water partition coefficient (Wildman–Crippen LogP) is 2.63. The van der Waals surface area contributed by atoms with E-state index in [0.29, 0.717) is 10.5 Å². The van der Waals surface area contributed by atoms with Crippen LogP contribution in [0.3, 0.4) is 0 Å². The molecule has 0 bridgehead atoms. The van der Waals surface area contributed by atoms with Gasteiger partial charge >= 0.3 is 5.97 Å². The molecule has 0 spiro atoms. The Hall–Kier alpha value is -2.47. The van der Waals surface area contributed by atoms with Gasteiger partial charge in [0, 0.05) is 10.5 Å². The van der Waals surface area contributed by atoms with Gasteiger partial charge in [0.1, 0.15) is 5.75 Å². The molecule has 1 amide bonds. The summed E-state index contributed by atoms with van der Waals surface area (Å²) in [4.78, 5) is 23.6. The highest BCUT2D eigenvalue weighted by Gasteiger charge is 2.13. The summed E-state index contributed by atoms with van der Waals surface area (Å²) in [5.74, 6) is -1.56. The number of carboxylic acid groups (broad SMARTS) is 1. The standard InChI is InChI=1S/C14H11NO4S/c16-9-3-1-8(2-4-9)13(17)15-12-6-5-10(20)7-11(12)14(18)19/h1-7,16,20H,(H,15,17)(H,18,19). The Morgan fingerprint density at radius 3 is 2.30 bits per heavy atom. The van der Waals surface area contributed by atoms with Gasteiger partial charge in [-0.2, -0.15) is 0 Å². The number of phenols is 1. The average Bonchev–Trinajstić information content (AvgIpc) is 2.41. The molecule has 0 aliphatic carbocycles. The van der Waals surface area contributed by atoms with E-state index < -0.39 is 11.9 Å². The molecule has 0 aliphatic rings. The van der Waals surface area contributed by atoms with Crippen LogP contribution in [0.1, 0.15) is 20.7 Å². The van der Waals surface area contributed by atoms with Crippen molar-refractivity contribution >= 4 is 30.2 Å². The fraction of sp³-hybridized carbons (Fsp3) is 0. The summed E-state index contributed by atoms with van der Waals surface area (Å²) in [5, 5.41) is 20.8. The first-order valence-electron chi connectivity index (χ1n) is 5.64. The van der Waals surface area contributed by atoms with E-state index in [4.69, 9.17) is 10.2 Å². The molecule has 0 saturated heterocycles. The van der Waals surface area contributed by atoms with Gasteiger partial charge in [-0.3, -0.25) is 4.79 Å². The van der Waals surface area contributed by atoms with Crippen molar-refractivity contribution in [3.8, 4) is 5.75 Å². The smallest absolute Gasteiger partial charge is 0.337 e. The third-order valence-corrected chi connectivity index (χ3v) is 2.89. The van der Waals surface area contributed by atoms with Crippen LogP contribution in [-0.4, -0.2) is 22.1 Å². The molecule has 0 heterocycles. The van der Waals surface area contributed by atoms with Crippen LogP contribution in [0.5, 0.6) is 5.75 Å². The van der Waals surface area contributed by atoms with Gasteiger partial charge in [-0.1, -0.05) is 0 Å². The summed E-state index contributed by atoms with van der Waals surface area (Å²) in [6.45, 7) is 0. The zero-order valence-electron chi connectivity index (χ0n) is 10.2. The van der Waals surface area contributed by atoms with Crippen LogP contribution in [0.4, 0.5) is 5.69 Å². The lowest BCUT2D eigenvalue weighted by Gasteiger charge is -2.09. The van der Waals surface area contributed by atoms with E-state index in [1.165, 1.54) is 36.4 Å². The number of thiol groups is 1. The van der Waals surface area contributed by atoms with Crippen molar-refractivity contribution in [3.63, 3.8) is 0 Å². The summed E-state index contributed by atoms with van der Waals surface area (Å²) in [6, 6.07) is 10.1. The minimum absolute atomic E-state index is 0.0374. The molecule has 5 nitrogen and oxygen atoms in total. The molecular formula is C14H11NO4S. The van der Waals surface area contributed by atoms with Gasteiger partial charge in [0.05, 0.1) is 11.3 Å². The monoisotopic (exact) mass is 289 g/mol. The van der Waals surface area contributed by atoms with E-state index in [2.05, 4.69) is 17.9 Å². The van der Waals surface area contributed by atoms with Crippen molar-refractivity contribution in [2.24, 2.45) is 0 Å². The Balaban J connectivity index is 2.28. The second-order valence-corrected chi connectivity index (χ2v) is 4.55. The number of aromatic carboxylic acids is 1. The number of hydrogen-bond acceptors (Lipinski definition) is 4. The second kappa shape index (κ2) is 5.66. The third-order valence-electron chi connectivity index (χ3n) is 2.61. The Bertz CT molecular complexity index is 667. The summed E-state index contributed by atoms with van der Waals surface area (Å²) < 4.78 is 0. The predicted molar refractivity (Wildman–Crippen MR) is 76.7 cm³/mol. The number of amides is 1. The zero-order valence-corrected chi connectivity index (χ0v) is 11.1. The lowest BCUT2D eigenvalue weighted by atomic mass is 10.1. The molecule has 0 fully saturated rings. The Morgan fingerprint density at radius 1 is 1.05 bits per heavy atom. The van der Waals surface area contributed by atoms with Gasteiger partial charge in [-0.25, -0.2) is 4.79 Å². The molecule has 0 saturated carbocycles. The van der Waals surface area contributed by atoms with Gasteiger partial charge < -0.3 is 15.5 Å². The summed E-state index contributed by atoms with van der Waals surface area (Å²) in [7, 11) is 0. The Morgan fingerprint density at radius 2 is 1.70 bits per heavy atom. The van der Waals surface area contributed by atoms with Gasteiger partial charge in [-0.15, -0.1) is 12.6 Å². The topological polar surface area (TPSA) is 86.6 Å². The Labute approximate surface area is 120 Å². The summed E-state index contributed by atoms with van der Waals surface area (Å²) in [6.07, 6.45) is 0. The highest BCUT2D eigenvalue weighted by atomic mass is 32.1. The van der Waals surface area contributed by atoms with Crippen molar-refractivity contribution in [1.82, 2.24) is 0 Å². The minimum atomic E-state index is -1.15. The first-order valence-corrected chi connectivity index (χ1v) is 6.09. The van der Waals surface area contributed by atoms with Gasteiger partial charge in [-0.05, 0) is 42.5 Å². The lowest BCUT2D eigenvalue weighted by molar-refractivity contribution is 0.0697. The molecule has 0 atom stereocenters. The molecule has 0 unspecified atom stereocenters. The maximum atomic E-state index is 12.0. The van der Waals surface area contributed by atoms with Crippen LogP contribution in [0.15, 0.2) is 47.4 Å². The van der Waals surface area contributed by atoms with Crippen LogP contribution in [-0.2, 0) is 0 Å². The van der Waals surface area contributed by atoms with Crippen molar-refractivity contribution < 1.29 is 19.8 Å². The van der Waals surface area contributed by atoms with E-state index in [1.807, 2.05) is 0 Å². The quantitative estimate of drug-likeness (QED) is 0.654. The molecular weight excluding hydrogens is 278 g/mol. The van der Waals surface area contributed by atoms with E-state index >= 15 is 0 Å². The highest BCUT2D eigenvalue weighted by Crippen LogP contribution is 2.21. The van der Waals surface area contributed by atoms with Gasteiger partial charge in [0.2, 0.25) is 0 Å². The Kier molecular flexibility index (Phi) is 3.95. The maximum Gasteiger partial charge on any atom is 0.337 e. The SMILES string of the molecule is O=C(Nc1ccc(S)cc1C(=O)O)c1ccc(O)cc1. The van der Waals surface area contributed by atoms with Crippen LogP contribution in [0.2, 0.25) is 0 Å². The fourth-order valence-electron chi connectivity index (χ4n) is 1.63. The van der Waals surface area contributed by atoms with Gasteiger partial charge in [0.15, 0.2) is 0 Å². The van der Waals surface area contributed by atoms with Crippen molar-refractivity contribution in [2.75, 3.05) is 5.32 Å². The largest absolute Gasteiger partial charge is 0.508 e. The first-order chi connectivity index (χ1) is 9.47. The maximum absolute atomic E-state index is 12.0. The van der Waals surface area contributed by atoms with Crippen LogP contribution >= 0.6 is 12.6 Å². The van der Waals surface area contributed by atoms with Crippen LogP contribution in [0, 0.1) is 0 Å². The number of benzene rings is 2. The molecule has 3 N–H and O–H groups in total. The molecule has 0 aromatic heterocycles. The molecule has 6 heteroatoms. The first kappa shape index (κ1) is 14.0. The summed E-state index contributed by atoms with van der Waals surface area (Å²) >= 11 is 4.06. The average molecular weight is 289 g/mol. The zero-order chi connectivity index (χ0) is 14.7. The van der Waals surface area contributed by atoms with E-state index in [9.17, 15) is 9.59 Å². The number of aromatic hydroxyl groups is 1. The number of nitrogens with one attached hydrogen (secondary N) is 1. The number of carbonyl (C=O) groups is 2. The molecule has 102 valence electrons. The number of rotatable bonds is 3. The van der Waals surface area contributed by atoms with Crippen molar-refractivity contribution in [1.29, 1.82) is 0 Å². The van der Waals surface area contributed by atoms with Crippen LogP contribution in [0.25, 0.3) is 0 Å². The normalized spacial score (nSPS) is 10.1. The minimum Gasteiger partial charge on any atom is -0.508 e. The molecule has 2 aromatic carbocycles. The van der Waals surface area contributed by atoms with Crippen LogP contribution < -0.4 is 5.32 Å². The molecule has 20 heavy (non-hydrogen) atoms. The van der Waals surface area contributed by atoms with E-state index in [1.54, 1.807) is 6.07 Å². The van der Waals surface area contributed by atoms with Crippen molar-refractivity contribution in [2.45, 2.75) is 4.90 Å². The highest BCUT2D eigenvalue weighted by molar-refractivity contribution is 7.80. The third kappa shape index (κ3) is 3.10. The number of hydrogen-bond donors (Lipinski definition) is 4. The van der Waals surface area contributed by atoms with E-state index in [0.717, 1.165) is 0 Å². The number of carboxylic acids is 1. The molecule has 2 rings (SSSR count). The lowest BCUT2D eigenvalue weighted by Crippen LogP contribution is -2.14. The molecule has 0 radical (unpaired) electrons. The number of phenolic OH excluding ortho intramolecular Hbond substituents is 1. The summed E-state index contributed by atoms with van der Waals surface area (Å²) in [5.41, 5.74) is 0.465. The number of anilines is 1. The molecule has 0 aliphatic heterocycles. The van der Waals surface area contributed by atoms with Crippen molar-refractivity contribution in [3.05, 3.63) is 53.6 Å². The number of carbonyl (C=O) groups excluding carboxylic acids is 1. The van der Waals surface area contributed by atoms with Gasteiger partial charge in [0.25, 0.3) is 5.91 Å².